The zero-order valence-electron chi connectivity index (χ0n) is 11.1. The molecule has 0 spiro atoms. The van der Waals surface area contributed by atoms with Crippen molar-refractivity contribution in [2.45, 2.75) is 0 Å². The lowest BCUT2D eigenvalue weighted by Crippen LogP contribution is -2.11. The second-order valence-corrected chi connectivity index (χ2v) is 4.58. The number of ether oxygens (including phenoxy) is 1. The number of hydrogen-bond donors (Lipinski definition) is 0. The van der Waals surface area contributed by atoms with Crippen LogP contribution in [0.2, 0.25) is 0 Å². The summed E-state index contributed by atoms with van der Waals surface area (Å²) in [4.78, 5) is 16.2. The zero-order chi connectivity index (χ0) is 14.7. The van der Waals surface area contributed by atoms with Crippen molar-refractivity contribution in [3.05, 3.63) is 72.2 Å². The number of Topliss-reactive ketones (excluding diaryl/α,β-unsaturated/α-hetero) is 1. The van der Waals surface area contributed by atoms with Gasteiger partial charge in [0.15, 0.2) is 12.4 Å². The maximum Gasteiger partial charge on any atom is 0.200 e. The normalized spacial score (nSPS) is 10.5. The summed E-state index contributed by atoms with van der Waals surface area (Å²) in [6, 6.07) is 14.7. The highest BCUT2D eigenvalue weighted by molar-refractivity contribution is 5.97. The number of hydrogen-bond acceptors (Lipinski definition) is 3. The first-order valence-electron chi connectivity index (χ1n) is 6.49. The number of ketones is 1. The molecule has 0 N–H and O–H groups in total. The Labute approximate surface area is 121 Å². The lowest BCUT2D eigenvalue weighted by Gasteiger charge is -2.06. The van der Waals surface area contributed by atoms with Crippen LogP contribution in [0.15, 0.2) is 60.8 Å². The second kappa shape index (κ2) is 5.71. The molecule has 0 fully saturated rings. The molecule has 0 atom stereocenters. The molecule has 3 nitrogen and oxygen atoms in total. The first-order chi connectivity index (χ1) is 10.2. The molecular weight excluding hydrogens is 269 g/mol. The number of nitrogens with zero attached hydrogens (tertiary/aromatic N) is 1. The fourth-order valence-corrected chi connectivity index (χ4v) is 2.00. The Morgan fingerprint density at radius 2 is 1.90 bits per heavy atom. The molecule has 0 aliphatic carbocycles. The molecule has 104 valence electrons. The molecule has 0 unspecified atom stereocenters. The summed E-state index contributed by atoms with van der Waals surface area (Å²) < 4.78 is 18.3. The minimum Gasteiger partial charge on any atom is -0.485 e. The van der Waals surface area contributed by atoms with Crippen LogP contribution >= 0.6 is 0 Å². The molecule has 1 heterocycles. The minimum atomic E-state index is -0.368. The van der Waals surface area contributed by atoms with Crippen LogP contribution in [0.5, 0.6) is 5.75 Å². The highest BCUT2D eigenvalue weighted by atomic mass is 19.1. The maximum absolute atomic E-state index is 12.8. The van der Waals surface area contributed by atoms with Gasteiger partial charge in [0.2, 0.25) is 0 Å². The molecule has 1 aromatic heterocycles. The molecule has 4 heteroatoms. The largest absolute Gasteiger partial charge is 0.485 e. The smallest absolute Gasteiger partial charge is 0.200 e. The van der Waals surface area contributed by atoms with Crippen molar-refractivity contribution in [3.63, 3.8) is 0 Å². The molecule has 2 aromatic carbocycles. The van der Waals surface area contributed by atoms with Crippen LogP contribution in [0, 0.1) is 5.82 Å². The highest BCUT2D eigenvalue weighted by Crippen LogP contribution is 2.19. The number of carbonyl (C=O) groups excluding carboxylic acids is 1. The molecule has 0 saturated heterocycles. The van der Waals surface area contributed by atoms with Crippen LogP contribution < -0.4 is 4.74 Å². The van der Waals surface area contributed by atoms with Crippen molar-refractivity contribution in [2.75, 3.05) is 6.61 Å². The monoisotopic (exact) mass is 281 g/mol. The summed E-state index contributed by atoms with van der Waals surface area (Å²) in [6.07, 6.45) is 1.70. The molecule has 0 radical (unpaired) electrons. The number of carbonyl (C=O) groups is 1. The predicted molar refractivity (Wildman–Crippen MR) is 78.0 cm³/mol. The van der Waals surface area contributed by atoms with Crippen molar-refractivity contribution in [1.82, 2.24) is 4.98 Å². The van der Waals surface area contributed by atoms with Gasteiger partial charge in [-0.05, 0) is 42.5 Å². The summed E-state index contributed by atoms with van der Waals surface area (Å²) in [5.41, 5.74) is 1.24. The third kappa shape index (κ3) is 3.05. The first kappa shape index (κ1) is 13.2. The van der Waals surface area contributed by atoms with Gasteiger partial charge >= 0.3 is 0 Å². The van der Waals surface area contributed by atoms with E-state index < -0.39 is 0 Å². The number of benzene rings is 2. The number of pyridine rings is 1. The number of fused-ring (bicyclic) bond motifs is 1. The van der Waals surface area contributed by atoms with Crippen LogP contribution in [0.25, 0.3) is 10.9 Å². The van der Waals surface area contributed by atoms with E-state index in [9.17, 15) is 9.18 Å². The number of rotatable bonds is 4. The van der Waals surface area contributed by atoms with Gasteiger partial charge in [-0.1, -0.05) is 6.07 Å². The highest BCUT2D eigenvalue weighted by Gasteiger charge is 2.07. The van der Waals surface area contributed by atoms with E-state index in [-0.39, 0.29) is 18.2 Å². The Kier molecular flexibility index (Phi) is 3.60. The number of aromatic nitrogens is 1. The Balaban J connectivity index is 1.71. The van der Waals surface area contributed by atoms with E-state index in [1.54, 1.807) is 18.3 Å². The minimum absolute atomic E-state index is 0.0933. The van der Waals surface area contributed by atoms with Crippen LogP contribution in [0.4, 0.5) is 4.39 Å². The van der Waals surface area contributed by atoms with Gasteiger partial charge in [0, 0.05) is 23.2 Å². The predicted octanol–water partition coefficient (Wildman–Crippen LogP) is 3.64. The van der Waals surface area contributed by atoms with Crippen LogP contribution in [0.3, 0.4) is 0 Å². The third-order valence-corrected chi connectivity index (χ3v) is 3.11. The van der Waals surface area contributed by atoms with E-state index in [0.717, 1.165) is 10.9 Å². The van der Waals surface area contributed by atoms with Gasteiger partial charge in [-0.15, -0.1) is 0 Å². The summed E-state index contributed by atoms with van der Waals surface area (Å²) in [5.74, 6) is 0.0147. The summed E-state index contributed by atoms with van der Waals surface area (Å²) >= 11 is 0. The van der Waals surface area contributed by atoms with Gasteiger partial charge in [-0.25, -0.2) is 4.39 Å². The van der Waals surface area contributed by atoms with Gasteiger partial charge in [-0.3, -0.25) is 9.78 Å². The van der Waals surface area contributed by atoms with Gasteiger partial charge in [0.05, 0.1) is 5.52 Å². The summed E-state index contributed by atoms with van der Waals surface area (Å²) in [6.45, 7) is -0.0933. The van der Waals surface area contributed by atoms with Crippen molar-refractivity contribution < 1.29 is 13.9 Å². The van der Waals surface area contributed by atoms with Crippen molar-refractivity contribution in [2.24, 2.45) is 0 Å². The Bertz CT molecular complexity index is 784. The van der Waals surface area contributed by atoms with Gasteiger partial charge in [-0.2, -0.15) is 0 Å². The van der Waals surface area contributed by atoms with E-state index >= 15 is 0 Å². The average Bonchev–Trinajstić information content (AvgIpc) is 2.53. The Morgan fingerprint density at radius 1 is 1.10 bits per heavy atom. The molecule has 3 aromatic rings. The summed E-state index contributed by atoms with van der Waals surface area (Å²) in [5, 5.41) is 1.01. The molecule has 3 rings (SSSR count). The third-order valence-electron chi connectivity index (χ3n) is 3.11. The fourth-order valence-electron chi connectivity index (χ4n) is 2.00. The molecule has 0 saturated carbocycles. The lowest BCUT2D eigenvalue weighted by molar-refractivity contribution is 0.0921. The summed E-state index contributed by atoms with van der Waals surface area (Å²) in [7, 11) is 0. The van der Waals surface area contributed by atoms with Gasteiger partial charge in [0.25, 0.3) is 0 Å². The van der Waals surface area contributed by atoms with E-state index in [2.05, 4.69) is 4.98 Å². The lowest BCUT2D eigenvalue weighted by atomic mass is 10.1. The van der Waals surface area contributed by atoms with Gasteiger partial charge < -0.3 is 4.74 Å². The average molecular weight is 281 g/mol. The quantitative estimate of drug-likeness (QED) is 0.685. The first-order valence-corrected chi connectivity index (χ1v) is 6.49. The van der Waals surface area contributed by atoms with Crippen LogP contribution in [-0.4, -0.2) is 17.4 Å². The van der Waals surface area contributed by atoms with E-state index in [4.69, 9.17) is 4.74 Å². The maximum atomic E-state index is 12.8. The molecule has 21 heavy (non-hydrogen) atoms. The van der Waals surface area contributed by atoms with Crippen molar-refractivity contribution in [3.8, 4) is 5.75 Å². The van der Waals surface area contributed by atoms with Crippen molar-refractivity contribution >= 4 is 16.7 Å². The molecule has 0 aliphatic heterocycles. The van der Waals surface area contributed by atoms with E-state index in [1.807, 2.05) is 18.2 Å². The SMILES string of the molecule is O=C(COc1ccc2cccnc2c1)c1ccc(F)cc1. The topological polar surface area (TPSA) is 39.2 Å². The van der Waals surface area contributed by atoms with Crippen LogP contribution in [0.1, 0.15) is 10.4 Å². The molecule has 0 aliphatic rings. The van der Waals surface area contributed by atoms with E-state index in [1.165, 1.54) is 24.3 Å². The second-order valence-electron chi connectivity index (χ2n) is 4.58. The number of halogens is 1. The zero-order valence-corrected chi connectivity index (χ0v) is 11.1. The fraction of sp³-hybridized carbons (Fsp3) is 0.0588. The molecule has 0 amide bonds. The van der Waals surface area contributed by atoms with E-state index in [0.29, 0.717) is 11.3 Å². The Morgan fingerprint density at radius 3 is 2.71 bits per heavy atom. The van der Waals surface area contributed by atoms with Crippen molar-refractivity contribution in [1.29, 1.82) is 0 Å². The standard InChI is InChI=1S/C17H12FNO2/c18-14-6-3-13(4-7-14)17(20)11-21-15-8-5-12-2-1-9-19-16(12)10-15/h1-10H,11H2. The van der Waals surface area contributed by atoms with Gasteiger partial charge in [0.1, 0.15) is 11.6 Å². The van der Waals surface area contributed by atoms with Crippen LogP contribution in [-0.2, 0) is 0 Å². The molecule has 0 bridgehead atoms. The Hall–Kier alpha value is -2.75. The molecular formula is C17H12FNO2.